The molecular formula is C16H20ClNO4. The lowest BCUT2D eigenvalue weighted by atomic mass is 9.95. The standard InChI is InChI=1S/C16H20ClNO4/c1-15(2,3)22-14(21)18-12-8-11(17)5-4-10(12)9-16(6-7-16)13(19)20/h4-5,8H,6-7,9H2,1-3H3,(H,18,21)(H,19,20). The Bertz CT molecular complexity index is 603. The summed E-state index contributed by atoms with van der Waals surface area (Å²) in [6.45, 7) is 5.32. The van der Waals surface area contributed by atoms with E-state index in [9.17, 15) is 14.7 Å². The predicted octanol–water partition coefficient (Wildman–Crippen LogP) is 4.09. The Hall–Kier alpha value is -1.75. The molecule has 0 aromatic heterocycles. The van der Waals surface area contributed by atoms with E-state index in [-0.39, 0.29) is 0 Å². The van der Waals surface area contributed by atoms with Gasteiger partial charge in [-0.3, -0.25) is 10.1 Å². The zero-order valence-corrected chi connectivity index (χ0v) is 13.7. The second-order valence-electron chi connectivity index (χ2n) is 6.69. The van der Waals surface area contributed by atoms with Gasteiger partial charge in [-0.05, 0) is 57.7 Å². The van der Waals surface area contributed by atoms with Crippen LogP contribution in [-0.2, 0) is 16.0 Å². The normalized spacial score (nSPS) is 16.0. The number of hydrogen-bond donors (Lipinski definition) is 2. The van der Waals surface area contributed by atoms with Gasteiger partial charge < -0.3 is 9.84 Å². The minimum atomic E-state index is -0.800. The summed E-state index contributed by atoms with van der Waals surface area (Å²) in [7, 11) is 0. The Labute approximate surface area is 134 Å². The Morgan fingerprint density at radius 3 is 2.50 bits per heavy atom. The number of hydrogen-bond acceptors (Lipinski definition) is 3. The summed E-state index contributed by atoms with van der Waals surface area (Å²) in [6, 6.07) is 5.05. The molecule has 1 aliphatic carbocycles. The second kappa shape index (κ2) is 5.80. The second-order valence-corrected chi connectivity index (χ2v) is 7.13. The number of nitrogens with one attached hydrogen (secondary N) is 1. The Morgan fingerprint density at radius 1 is 1.36 bits per heavy atom. The first kappa shape index (κ1) is 16.6. The monoisotopic (exact) mass is 325 g/mol. The van der Waals surface area contributed by atoms with Crippen molar-refractivity contribution in [2.24, 2.45) is 5.41 Å². The summed E-state index contributed by atoms with van der Waals surface area (Å²) in [5, 5.41) is 12.4. The van der Waals surface area contributed by atoms with E-state index in [0.29, 0.717) is 30.0 Å². The van der Waals surface area contributed by atoms with Gasteiger partial charge in [0.25, 0.3) is 0 Å². The summed E-state index contributed by atoms with van der Waals surface area (Å²) >= 11 is 5.97. The molecule has 0 saturated heterocycles. The summed E-state index contributed by atoms with van der Waals surface area (Å²) in [5.74, 6) is -0.800. The Kier molecular flexibility index (Phi) is 4.38. The zero-order chi connectivity index (χ0) is 16.5. The minimum Gasteiger partial charge on any atom is -0.481 e. The maximum absolute atomic E-state index is 11.9. The first-order valence-corrected chi connectivity index (χ1v) is 7.51. The van der Waals surface area contributed by atoms with Crippen LogP contribution in [0.25, 0.3) is 0 Å². The highest BCUT2D eigenvalue weighted by Gasteiger charge is 2.50. The van der Waals surface area contributed by atoms with Gasteiger partial charge in [0.1, 0.15) is 5.60 Å². The lowest BCUT2D eigenvalue weighted by Crippen LogP contribution is -2.28. The molecule has 5 nitrogen and oxygen atoms in total. The van der Waals surface area contributed by atoms with Gasteiger partial charge in [-0.25, -0.2) is 4.79 Å². The van der Waals surface area contributed by atoms with Gasteiger partial charge in [0, 0.05) is 10.7 Å². The summed E-state index contributed by atoms with van der Waals surface area (Å²) < 4.78 is 5.22. The third-order valence-corrected chi connectivity index (χ3v) is 3.78. The number of carbonyl (C=O) groups excluding carboxylic acids is 1. The topological polar surface area (TPSA) is 75.6 Å². The van der Waals surface area contributed by atoms with Crippen molar-refractivity contribution in [2.45, 2.75) is 45.6 Å². The van der Waals surface area contributed by atoms with Crippen LogP contribution in [0.3, 0.4) is 0 Å². The maximum atomic E-state index is 11.9. The third kappa shape index (κ3) is 4.13. The van der Waals surface area contributed by atoms with E-state index < -0.39 is 23.1 Å². The van der Waals surface area contributed by atoms with Crippen LogP contribution < -0.4 is 5.32 Å². The molecule has 22 heavy (non-hydrogen) atoms. The predicted molar refractivity (Wildman–Crippen MR) is 84.3 cm³/mol. The van der Waals surface area contributed by atoms with Crippen LogP contribution >= 0.6 is 11.6 Å². The molecule has 2 N–H and O–H groups in total. The van der Waals surface area contributed by atoms with Crippen LogP contribution in [0, 0.1) is 5.41 Å². The fourth-order valence-corrected chi connectivity index (χ4v) is 2.39. The van der Waals surface area contributed by atoms with E-state index >= 15 is 0 Å². The number of aliphatic carboxylic acids is 1. The van der Waals surface area contributed by atoms with E-state index in [1.54, 1.807) is 39.0 Å². The maximum Gasteiger partial charge on any atom is 0.412 e. The molecule has 0 unspecified atom stereocenters. The van der Waals surface area contributed by atoms with Gasteiger partial charge in [0.15, 0.2) is 0 Å². The van der Waals surface area contributed by atoms with Gasteiger partial charge in [-0.1, -0.05) is 17.7 Å². The van der Waals surface area contributed by atoms with Gasteiger partial charge in [0.05, 0.1) is 5.41 Å². The number of carboxylic acid groups (broad SMARTS) is 1. The van der Waals surface area contributed by atoms with Crippen LogP contribution in [0.15, 0.2) is 18.2 Å². The highest BCUT2D eigenvalue weighted by molar-refractivity contribution is 6.31. The van der Waals surface area contributed by atoms with Crippen molar-refractivity contribution < 1.29 is 19.4 Å². The number of halogens is 1. The first-order chi connectivity index (χ1) is 10.1. The molecule has 1 aromatic carbocycles. The molecule has 6 heteroatoms. The number of anilines is 1. The van der Waals surface area contributed by atoms with Gasteiger partial charge >= 0.3 is 12.1 Å². The van der Waals surface area contributed by atoms with Crippen molar-refractivity contribution >= 4 is 29.4 Å². The fraction of sp³-hybridized carbons (Fsp3) is 0.500. The van der Waals surface area contributed by atoms with Crippen LogP contribution in [0.1, 0.15) is 39.2 Å². The molecule has 0 heterocycles. The van der Waals surface area contributed by atoms with Crippen molar-refractivity contribution in [3.05, 3.63) is 28.8 Å². The van der Waals surface area contributed by atoms with E-state index in [4.69, 9.17) is 16.3 Å². The SMILES string of the molecule is CC(C)(C)OC(=O)Nc1cc(Cl)ccc1CC1(C(=O)O)CC1. The van der Waals surface area contributed by atoms with Gasteiger partial charge in [-0.15, -0.1) is 0 Å². The molecule has 1 aliphatic rings. The Morgan fingerprint density at radius 2 is 2.00 bits per heavy atom. The van der Waals surface area contributed by atoms with Crippen LogP contribution in [0.5, 0.6) is 0 Å². The number of carbonyl (C=O) groups is 2. The average Bonchev–Trinajstić information content (AvgIpc) is 3.11. The molecule has 0 atom stereocenters. The molecule has 0 radical (unpaired) electrons. The summed E-state index contributed by atoms with van der Waals surface area (Å²) in [6.07, 6.45) is 1.08. The number of benzene rings is 1. The molecule has 2 rings (SSSR count). The highest BCUT2D eigenvalue weighted by atomic mass is 35.5. The first-order valence-electron chi connectivity index (χ1n) is 7.13. The van der Waals surface area contributed by atoms with Gasteiger partial charge in [-0.2, -0.15) is 0 Å². The van der Waals surface area contributed by atoms with Crippen LogP contribution in [-0.4, -0.2) is 22.8 Å². The Balaban J connectivity index is 2.18. The smallest absolute Gasteiger partial charge is 0.412 e. The van der Waals surface area contributed by atoms with Gasteiger partial charge in [0.2, 0.25) is 0 Å². The van der Waals surface area contributed by atoms with E-state index in [2.05, 4.69) is 5.32 Å². The number of carboxylic acids is 1. The van der Waals surface area contributed by atoms with E-state index in [0.717, 1.165) is 5.56 Å². The average molecular weight is 326 g/mol. The van der Waals surface area contributed by atoms with Crippen LogP contribution in [0.2, 0.25) is 5.02 Å². The van der Waals surface area contributed by atoms with Crippen molar-refractivity contribution in [1.82, 2.24) is 0 Å². The summed E-state index contributed by atoms with van der Waals surface area (Å²) in [4.78, 5) is 23.3. The number of amides is 1. The molecule has 1 aromatic rings. The van der Waals surface area contributed by atoms with E-state index in [1.165, 1.54) is 0 Å². The molecular weight excluding hydrogens is 306 g/mol. The lowest BCUT2D eigenvalue weighted by molar-refractivity contribution is -0.143. The minimum absolute atomic E-state index is 0.366. The van der Waals surface area contributed by atoms with E-state index in [1.807, 2.05) is 0 Å². The largest absolute Gasteiger partial charge is 0.481 e. The van der Waals surface area contributed by atoms with Crippen molar-refractivity contribution in [3.63, 3.8) is 0 Å². The highest BCUT2D eigenvalue weighted by Crippen LogP contribution is 2.49. The molecule has 1 amide bonds. The third-order valence-electron chi connectivity index (χ3n) is 3.54. The quantitative estimate of drug-likeness (QED) is 0.874. The zero-order valence-electron chi connectivity index (χ0n) is 12.9. The van der Waals surface area contributed by atoms with Crippen molar-refractivity contribution in [2.75, 3.05) is 5.32 Å². The number of ether oxygens (including phenoxy) is 1. The lowest BCUT2D eigenvalue weighted by Gasteiger charge is -2.21. The molecule has 0 aliphatic heterocycles. The molecule has 0 bridgehead atoms. The number of rotatable bonds is 4. The summed E-state index contributed by atoms with van der Waals surface area (Å²) in [5.41, 5.74) is -0.0794. The molecule has 1 fully saturated rings. The molecule has 120 valence electrons. The fourth-order valence-electron chi connectivity index (χ4n) is 2.21. The molecule has 1 saturated carbocycles. The van der Waals surface area contributed by atoms with Crippen LogP contribution in [0.4, 0.5) is 10.5 Å². The molecule has 0 spiro atoms. The van der Waals surface area contributed by atoms with Crippen molar-refractivity contribution in [3.8, 4) is 0 Å². The van der Waals surface area contributed by atoms with Crippen molar-refractivity contribution in [1.29, 1.82) is 0 Å².